The van der Waals surface area contributed by atoms with Crippen molar-refractivity contribution in [1.29, 1.82) is 0 Å². The number of pyridine rings is 1. The van der Waals surface area contributed by atoms with Gasteiger partial charge in [-0.05, 0) is 55.0 Å². The molecule has 2 heterocycles. The number of carbonyl (C=O) groups is 1. The molecule has 0 aliphatic carbocycles. The van der Waals surface area contributed by atoms with Gasteiger partial charge < -0.3 is 10.6 Å². The molecule has 0 fully saturated rings. The van der Waals surface area contributed by atoms with Gasteiger partial charge in [-0.15, -0.1) is 0 Å². The number of halogens is 3. The van der Waals surface area contributed by atoms with Gasteiger partial charge in [0.15, 0.2) is 0 Å². The highest BCUT2D eigenvalue weighted by Gasteiger charge is 2.30. The highest BCUT2D eigenvalue weighted by Crippen LogP contribution is 2.33. The van der Waals surface area contributed by atoms with Gasteiger partial charge in [-0.25, -0.2) is 4.79 Å². The van der Waals surface area contributed by atoms with E-state index in [9.17, 15) is 18.0 Å². The van der Waals surface area contributed by atoms with Gasteiger partial charge in [0.25, 0.3) is 0 Å². The Hall–Kier alpha value is -4.14. The lowest BCUT2D eigenvalue weighted by molar-refractivity contribution is -0.137. The summed E-state index contributed by atoms with van der Waals surface area (Å²) in [4.78, 5) is 16.5. The van der Waals surface area contributed by atoms with Gasteiger partial charge in [0, 0.05) is 47.6 Å². The molecular weight excluding hydrogens is 431 g/mol. The molecule has 2 amide bonds. The summed E-state index contributed by atoms with van der Waals surface area (Å²) in [5.41, 5.74) is 3.10. The fourth-order valence-electron chi connectivity index (χ4n) is 3.35. The second kappa shape index (κ2) is 9.15. The molecule has 4 rings (SSSR count). The monoisotopic (exact) mass is 451 g/mol. The van der Waals surface area contributed by atoms with E-state index in [1.165, 1.54) is 12.1 Å². The number of carbonyl (C=O) groups excluding carboxylic acids is 1. The number of alkyl halides is 3. The second-order valence-corrected chi connectivity index (χ2v) is 7.22. The zero-order valence-corrected chi connectivity index (χ0v) is 17.6. The Balaban J connectivity index is 1.56. The molecule has 168 valence electrons. The third-order valence-electron chi connectivity index (χ3n) is 4.92. The van der Waals surface area contributed by atoms with Gasteiger partial charge in [-0.2, -0.15) is 18.3 Å². The molecule has 4 aromatic rings. The highest BCUT2D eigenvalue weighted by atomic mass is 19.4. The van der Waals surface area contributed by atoms with Gasteiger partial charge in [0.05, 0.1) is 5.56 Å². The third-order valence-corrected chi connectivity index (χ3v) is 4.92. The van der Waals surface area contributed by atoms with Crippen molar-refractivity contribution in [1.82, 2.24) is 14.8 Å². The van der Waals surface area contributed by atoms with E-state index in [1.807, 2.05) is 36.0 Å². The predicted octanol–water partition coefficient (Wildman–Crippen LogP) is 6.29. The normalized spacial score (nSPS) is 11.3. The van der Waals surface area contributed by atoms with Crippen molar-refractivity contribution in [3.63, 3.8) is 0 Å². The molecule has 0 saturated heterocycles. The largest absolute Gasteiger partial charge is 0.416 e. The molecule has 9 heteroatoms. The Morgan fingerprint density at radius 2 is 1.61 bits per heavy atom. The summed E-state index contributed by atoms with van der Waals surface area (Å²) in [7, 11) is 0. The van der Waals surface area contributed by atoms with Crippen LogP contribution < -0.4 is 10.6 Å². The summed E-state index contributed by atoms with van der Waals surface area (Å²) in [5, 5.41) is 9.76. The number of nitrogens with one attached hydrogen (secondary N) is 2. The Morgan fingerprint density at radius 1 is 0.939 bits per heavy atom. The smallest absolute Gasteiger partial charge is 0.308 e. The number of rotatable bonds is 5. The van der Waals surface area contributed by atoms with Crippen molar-refractivity contribution in [2.75, 3.05) is 10.6 Å². The lowest BCUT2D eigenvalue weighted by Gasteiger charge is -2.11. The Bertz CT molecular complexity index is 1270. The van der Waals surface area contributed by atoms with Crippen molar-refractivity contribution in [3.05, 3.63) is 84.8 Å². The minimum absolute atomic E-state index is 0.0441. The molecule has 0 bridgehead atoms. The van der Waals surface area contributed by atoms with Crippen molar-refractivity contribution in [2.24, 2.45) is 0 Å². The number of anilines is 2. The van der Waals surface area contributed by atoms with E-state index >= 15 is 0 Å². The van der Waals surface area contributed by atoms with Crippen LogP contribution in [0, 0.1) is 0 Å². The van der Waals surface area contributed by atoms with Crippen molar-refractivity contribution in [2.45, 2.75) is 19.6 Å². The number of hydrogen-bond acceptors (Lipinski definition) is 3. The molecule has 2 aromatic carbocycles. The summed E-state index contributed by atoms with van der Waals surface area (Å²) < 4.78 is 40.5. The van der Waals surface area contributed by atoms with Crippen molar-refractivity contribution >= 4 is 17.4 Å². The SMILES string of the molecule is CCn1cc(-c2cccc(NC(=O)Nc3cccc(C(F)(F)F)c3)c2)c(-c2ccncc2)n1. The minimum Gasteiger partial charge on any atom is -0.308 e. The van der Waals surface area contributed by atoms with Gasteiger partial charge in [0.1, 0.15) is 5.69 Å². The van der Waals surface area contributed by atoms with Crippen LogP contribution in [0.1, 0.15) is 12.5 Å². The fourth-order valence-corrected chi connectivity index (χ4v) is 3.35. The summed E-state index contributed by atoms with van der Waals surface area (Å²) in [6.45, 7) is 2.68. The van der Waals surface area contributed by atoms with Crippen molar-refractivity contribution in [3.8, 4) is 22.4 Å². The molecule has 2 aromatic heterocycles. The van der Waals surface area contributed by atoms with Gasteiger partial charge in [-0.3, -0.25) is 9.67 Å². The summed E-state index contributed by atoms with van der Waals surface area (Å²) in [6.07, 6.45) is 0.829. The van der Waals surface area contributed by atoms with E-state index in [-0.39, 0.29) is 5.69 Å². The Kier molecular flexibility index (Phi) is 6.12. The number of hydrogen-bond donors (Lipinski definition) is 2. The standard InChI is InChI=1S/C24H20F3N5O/c1-2-32-15-21(22(31-32)16-9-11-28-12-10-16)17-5-3-7-19(13-17)29-23(33)30-20-8-4-6-18(14-20)24(25,26)27/h3-15H,2H2,1H3,(H2,29,30,33). The van der Waals surface area contributed by atoms with Gasteiger partial charge >= 0.3 is 12.2 Å². The van der Waals surface area contributed by atoms with E-state index in [1.54, 1.807) is 30.6 Å². The summed E-state index contributed by atoms with van der Waals surface area (Å²) >= 11 is 0. The molecule has 0 radical (unpaired) electrons. The lowest BCUT2D eigenvalue weighted by atomic mass is 10.0. The van der Waals surface area contributed by atoms with E-state index in [2.05, 4.69) is 20.7 Å². The van der Waals surface area contributed by atoms with Crippen LogP contribution in [-0.2, 0) is 12.7 Å². The van der Waals surface area contributed by atoms with E-state index in [0.717, 1.165) is 34.5 Å². The number of benzene rings is 2. The highest BCUT2D eigenvalue weighted by molar-refractivity contribution is 6.00. The molecule has 0 spiro atoms. The topological polar surface area (TPSA) is 71.8 Å². The predicted molar refractivity (Wildman–Crippen MR) is 121 cm³/mol. The first-order valence-electron chi connectivity index (χ1n) is 10.2. The molecule has 2 N–H and O–H groups in total. The molecule has 0 atom stereocenters. The number of amides is 2. The number of nitrogens with zero attached hydrogens (tertiary/aromatic N) is 3. The van der Waals surface area contributed by atoms with Gasteiger partial charge in [-0.1, -0.05) is 18.2 Å². The van der Waals surface area contributed by atoms with Crippen LogP contribution in [0.3, 0.4) is 0 Å². The van der Waals surface area contributed by atoms with E-state index in [0.29, 0.717) is 12.2 Å². The maximum absolute atomic E-state index is 12.9. The number of aromatic nitrogens is 3. The summed E-state index contributed by atoms with van der Waals surface area (Å²) in [6, 6.07) is 14.7. The molecule has 33 heavy (non-hydrogen) atoms. The van der Waals surface area contributed by atoms with E-state index < -0.39 is 17.8 Å². The Morgan fingerprint density at radius 3 is 2.27 bits per heavy atom. The summed E-state index contributed by atoms with van der Waals surface area (Å²) in [5.74, 6) is 0. The molecule has 0 aliphatic heterocycles. The van der Waals surface area contributed by atoms with Crippen LogP contribution in [0.2, 0.25) is 0 Å². The molecule has 0 unspecified atom stereocenters. The van der Waals surface area contributed by atoms with Gasteiger partial charge in [0.2, 0.25) is 0 Å². The minimum atomic E-state index is -4.49. The molecule has 6 nitrogen and oxygen atoms in total. The molecule has 0 aliphatic rings. The maximum atomic E-state index is 12.9. The Labute approximate surface area is 188 Å². The van der Waals surface area contributed by atoms with Crippen LogP contribution in [0.15, 0.2) is 79.3 Å². The van der Waals surface area contributed by atoms with Crippen LogP contribution in [-0.4, -0.2) is 20.8 Å². The third kappa shape index (κ3) is 5.20. The second-order valence-electron chi connectivity index (χ2n) is 7.22. The first kappa shape index (κ1) is 22.1. The van der Waals surface area contributed by atoms with Crippen molar-refractivity contribution < 1.29 is 18.0 Å². The lowest BCUT2D eigenvalue weighted by Crippen LogP contribution is -2.19. The average molecular weight is 451 g/mol. The molecular formula is C24H20F3N5O. The van der Waals surface area contributed by atoms with Crippen LogP contribution in [0.25, 0.3) is 22.4 Å². The van der Waals surface area contributed by atoms with Crippen LogP contribution in [0.5, 0.6) is 0 Å². The van der Waals surface area contributed by atoms with Crippen LogP contribution >= 0.6 is 0 Å². The molecule has 0 saturated carbocycles. The maximum Gasteiger partial charge on any atom is 0.416 e. The zero-order chi connectivity index (χ0) is 23.4. The van der Waals surface area contributed by atoms with E-state index in [4.69, 9.17) is 0 Å². The quantitative estimate of drug-likeness (QED) is 0.374. The zero-order valence-electron chi connectivity index (χ0n) is 17.6. The van der Waals surface area contributed by atoms with Crippen LogP contribution in [0.4, 0.5) is 29.3 Å². The first-order valence-corrected chi connectivity index (χ1v) is 10.2. The number of urea groups is 1. The number of aryl methyl sites for hydroxylation is 1. The fraction of sp³-hybridized carbons (Fsp3) is 0.125. The first-order chi connectivity index (χ1) is 15.8. The average Bonchev–Trinajstić information content (AvgIpc) is 3.24.